The van der Waals surface area contributed by atoms with Crippen molar-refractivity contribution in [3.05, 3.63) is 18.0 Å². The van der Waals surface area contributed by atoms with Crippen LogP contribution in [-0.2, 0) is 16.6 Å². The second-order valence-electron chi connectivity index (χ2n) is 5.72. The number of amides is 1. The van der Waals surface area contributed by atoms with Crippen molar-refractivity contribution in [2.24, 2.45) is 13.0 Å². The summed E-state index contributed by atoms with van der Waals surface area (Å²) in [5, 5.41) is 7.41. The number of hydrogen-bond acceptors (Lipinski definition) is 4. The number of aromatic nitrogens is 2. The molecule has 1 N–H and O–H groups in total. The molecule has 0 bridgehead atoms. The first kappa shape index (κ1) is 19.2. The molecule has 126 valence electrons. The van der Waals surface area contributed by atoms with Gasteiger partial charge in [0.05, 0.1) is 25.9 Å². The molecule has 2 fully saturated rings. The second kappa shape index (κ2) is 8.72. The number of ether oxygens (including phenoxy) is 1. The zero-order valence-electron chi connectivity index (χ0n) is 12.7. The van der Waals surface area contributed by atoms with Crippen LogP contribution in [0.5, 0.6) is 0 Å². The summed E-state index contributed by atoms with van der Waals surface area (Å²) < 4.78 is 7.50. The Morgan fingerprint density at radius 1 is 1.45 bits per heavy atom. The summed E-state index contributed by atoms with van der Waals surface area (Å²) in [4.78, 5) is 14.1. The molecule has 0 aromatic carbocycles. The van der Waals surface area contributed by atoms with Crippen molar-refractivity contribution in [3.8, 4) is 0 Å². The number of hydrogen-bond donors (Lipinski definition) is 1. The van der Waals surface area contributed by atoms with Crippen LogP contribution >= 0.6 is 24.8 Å². The van der Waals surface area contributed by atoms with Crippen molar-refractivity contribution in [1.29, 1.82) is 0 Å². The van der Waals surface area contributed by atoms with Crippen LogP contribution in [-0.4, -0.2) is 53.4 Å². The summed E-state index contributed by atoms with van der Waals surface area (Å²) in [5.74, 6) is 0.971. The maximum Gasteiger partial charge on any atom is 0.236 e. The predicted octanol–water partition coefficient (Wildman–Crippen LogP) is 1.16. The molecule has 2 aliphatic rings. The number of rotatable bonds is 5. The number of morpholine rings is 1. The number of aryl methyl sites for hydroxylation is 1. The Kier molecular flexibility index (Phi) is 7.62. The third kappa shape index (κ3) is 5.12. The van der Waals surface area contributed by atoms with Gasteiger partial charge in [-0.05, 0) is 25.3 Å². The van der Waals surface area contributed by atoms with Gasteiger partial charge in [-0.2, -0.15) is 5.10 Å². The van der Waals surface area contributed by atoms with E-state index in [-0.39, 0.29) is 36.8 Å². The van der Waals surface area contributed by atoms with Gasteiger partial charge in [0.25, 0.3) is 0 Å². The molecule has 22 heavy (non-hydrogen) atoms. The summed E-state index contributed by atoms with van der Waals surface area (Å²) in [5.41, 5.74) is 1.04. The van der Waals surface area contributed by atoms with Gasteiger partial charge >= 0.3 is 0 Å². The molecule has 1 aromatic rings. The fourth-order valence-corrected chi connectivity index (χ4v) is 2.50. The zero-order valence-corrected chi connectivity index (χ0v) is 14.4. The van der Waals surface area contributed by atoms with Crippen LogP contribution in [0.15, 0.2) is 12.4 Å². The van der Waals surface area contributed by atoms with E-state index in [0.29, 0.717) is 26.2 Å². The summed E-state index contributed by atoms with van der Waals surface area (Å²) >= 11 is 0. The third-order valence-electron chi connectivity index (χ3n) is 3.92. The van der Waals surface area contributed by atoms with E-state index in [0.717, 1.165) is 18.0 Å². The fraction of sp³-hybridized carbons (Fsp3) is 0.714. The van der Waals surface area contributed by atoms with E-state index in [1.165, 1.54) is 12.8 Å². The quantitative estimate of drug-likeness (QED) is 0.865. The molecule has 1 aromatic heterocycles. The van der Waals surface area contributed by atoms with Crippen LogP contribution in [0.25, 0.3) is 0 Å². The number of carbonyl (C=O) groups excluding carboxylic acids is 1. The molecular formula is C14H24Cl2N4O2. The van der Waals surface area contributed by atoms with Crippen LogP contribution in [0, 0.1) is 5.92 Å². The molecular weight excluding hydrogens is 327 g/mol. The summed E-state index contributed by atoms with van der Waals surface area (Å²) in [6.45, 7) is 3.31. The Morgan fingerprint density at radius 3 is 2.86 bits per heavy atom. The lowest BCUT2D eigenvalue weighted by Gasteiger charge is -2.32. The van der Waals surface area contributed by atoms with Gasteiger partial charge in [-0.1, -0.05) is 0 Å². The minimum absolute atomic E-state index is 0. The van der Waals surface area contributed by atoms with Gasteiger partial charge < -0.3 is 15.0 Å². The molecule has 1 saturated heterocycles. The first-order chi connectivity index (χ1) is 9.72. The van der Waals surface area contributed by atoms with Crippen LogP contribution in [0.3, 0.4) is 0 Å². The Balaban J connectivity index is 0.00000121. The van der Waals surface area contributed by atoms with Gasteiger partial charge in [-0.25, -0.2) is 0 Å². The van der Waals surface area contributed by atoms with E-state index in [1.807, 2.05) is 24.3 Å². The largest absolute Gasteiger partial charge is 0.370 e. The molecule has 3 rings (SSSR count). The lowest BCUT2D eigenvalue weighted by molar-refractivity contribution is -0.138. The Morgan fingerprint density at radius 2 is 2.23 bits per heavy atom. The molecule has 1 saturated carbocycles. The number of nitrogens with zero attached hydrogens (tertiary/aromatic N) is 3. The number of halogens is 2. The lowest BCUT2D eigenvalue weighted by atomic mass is 10.1. The zero-order chi connectivity index (χ0) is 13.9. The number of nitrogens with one attached hydrogen (secondary N) is 1. The molecule has 1 aliphatic carbocycles. The molecule has 1 atom stereocenters. The molecule has 8 heteroatoms. The minimum atomic E-state index is -0.0511. The van der Waals surface area contributed by atoms with E-state index in [2.05, 4.69) is 10.4 Å². The van der Waals surface area contributed by atoms with Gasteiger partial charge in [0, 0.05) is 25.4 Å². The van der Waals surface area contributed by atoms with Crippen molar-refractivity contribution in [2.45, 2.75) is 18.9 Å². The van der Waals surface area contributed by atoms with E-state index >= 15 is 0 Å². The van der Waals surface area contributed by atoms with E-state index in [4.69, 9.17) is 4.74 Å². The highest BCUT2D eigenvalue weighted by molar-refractivity contribution is 5.85. The van der Waals surface area contributed by atoms with E-state index < -0.39 is 0 Å². The highest BCUT2D eigenvalue weighted by atomic mass is 35.5. The average molecular weight is 351 g/mol. The third-order valence-corrected chi connectivity index (χ3v) is 3.92. The molecule has 1 unspecified atom stereocenters. The summed E-state index contributed by atoms with van der Waals surface area (Å²) in [7, 11) is 1.89. The van der Waals surface area contributed by atoms with Gasteiger partial charge in [-0.3, -0.25) is 9.48 Å². The molecule has 6 nitrogen and oxygen atoms in total. The van der Waals surface area contributed by atoms with E-state index in [9.17, 15) is 4.79 Å². The summed E-state index contributed by atoms with van der Waals surface area (Å²) in [6, 6.07) is 0. The first-order valence-corrected chi connectivity index (χ1v) is 7.31. The van der Waals surface area contributed by atoms with Gasteiger partial charge in [0.1, 0.15) is 6.10 Å². The lowest BCUT2D eigenvalue weighted by Crippen LogP contribution is -2.46. The van der Waals surface area contributed by atoms with Crippen molar-refractivity contribution in [2.75, 3.05) is 32.8 Å². The molecule has 2 heterocycles. The van der Waals surface area contributed by atoms with Gasteiger partial charge in [0.15, 0.2) is 0 Å². The van der Waals surface area contributed by atoms with Crippen molar-refractivity contribution in [1.82, 2.24) is 20.0 Å². The fourth-order valence-electron chi connectivity index (χ4n) is 2.50. The van der Waals surface area contributed by atoms with E-state index in [1.54, 1.807) is 4.68 Å². The van der Waals surface area contributed by atoms with Gasteiger partial charge in [0.2, 0.25) is 5.91 Å². The van der Waals surface area contributed by atoms with Crippen LogP contribution in [0.2, 0.25) is 0 Å². The summed E-state index contributed by atoms with van der Waals surface area (Å²) in [6.07, 6.45) is 6.32. The van der Waals surface area contributed by atoms with Crippen LogP contribution in [0.1, 0.15) is 24.5 Å². The maximum absolute atomic E-state index is 12.2. The smallest absolute Gasteiger partial charge is 0.236 e. The molecule has 1 amide bonds. The standard InChI is InChI=1S/C14H22N4O2.2ClH/c1-17-9-12(7-16-17)13-10-18(4-5-20-13)14(19)8-15-6-11-2-3-11;;/h7,9,11,13,15H,2-6,8,10H2,1H3;2*1H. The minimum Gasteiger partial charge on any atom is -0.370 e. The van der Waals surface area contributed by atoms with Crippen molar-refractivity contribution >= 4 is 30.7 Å². The Hall–Kier alpha value is -0.820. The monoisotopic (exact) mass is 350 g/mol. The molecule has 0 spiro atoms. The topological polar surface area (TPSA) is 59.4 Å². The Labute approximate surface area is 143 Å². The average Bonchev–Trinajstić information content (AvgIpc) is 3.18. The number of carbonyl (C=O) groups is 1. The van der Waals surface area contributed by atoms with Crippen LogP contribution in [0.4, 0.5) is 0 Å². The van der Waals surface area contributed by atoms with Crippen molar-refractivity contribution < 1.29 is 9.53 Å². The first-order valence-electron chi connectivity index (χ1n) is 7.31. The highest BCUT2D eigenvalue weighted by Gasteiger charge is 2.26. The normalized spacial score (nSPS) is 21.0. The van der Waals surface area contributed by atoms with Crippen molar-refractivity contribution in [3.63, 3.8) is 0 Å². The Bertz CT molecular complexity index is 479. The molecule has 0 radical (unpaired) electrons. The SMILES string of the molecule is Cl.Cl.Cn1cc(C2CN(C(=O)CNCC3CC3)CCO2)cn1. The van der Waals surface area contributed by atoms with Gasteiger partial charge in [-0.15, -0.1) is 24.8 Å². The van der Waals surface area contributed by atoms with Crippen LogP contribution < -0.4 is 5.32 Å². The molecule has 1 aliphatic heterocycles. The maximum atomic E-state index is 12.2. The highest BCUT2D eigenvalue weighted by Crippen LogP contribution is 2.27. The second-order valence-corrected chi connectivity index (χ2v) is 5.72. The predicted molar refractivity (Wildman–Crippen MR) is 88.6 cm³/mol.